The summed E-state index contributed by atoms with van der Waals surface area (Å²) < 4.78 is 10.7. The molecule has 3 aromatic rings. The second-order valence-electron chi connectivity index (χ2n) is 7.05. The molecule has 0 aromatic heterocycles. The first kappa shape index (κ1) is 19.7. The zero-order valence-electron chi connectivity index (χ0n) is 16.8. The fourth-order valence-electron chi connectivity index (χ4n) is 3.35. The Morgan fingerprint density at radius 2 is 1.64 bits per heavy atom. The third-order valence-corrected chi connectivity index (χ3v) is 4.83. The number of hydrogen-bond acceptors (Lipinski definition) is 3. The molecule has 5 heteroatoms. The lowest BCUT2D eigenvalue weighted by Crippen LogP contribution is -3.08. The normalized spacial score (nSPS) is 11.9. The molecule has 146 valence electrons. The van der Waals surface area contributed by atoms with Gasteiger partial charge in [0.15, 0.2) is 18.0 Å². The van der Waals surface area contributed by atoms with E-state index in [1.165, 1.54) is 0 Å². The van der Waals surface area contributed by atoms with Gasteiger partial charge in [0.05, 0.1) is 21.3 Å². The van der Waals surface area contributed by atoms with Crippen molar-refractivity contribution in [3.8, 4) is 11.5 Å². The Kier molecular flexibility index (Phi) is 6.16. The Balaban J connectivity index is 1.64. The van der Waals surface area contributed by atoms with Crippen LogP contribution in [0.15, 0.2) is 54.6 Å². The SMILES string of the molecule is COc1cc(C)c(C[NH+](C)CC(=O)Nc2ccc3ccccc3c2)cc1OC. The van der Waals surface area contributed by atoms with Crippen molar-refractivity contribution >= 4 is 22.4 Å². The lowest BCUT2D eigenvalue weighted by molar-refractivity contribution is -0.885. The van der Waals surface area contributed by atoms with E-state index >= 15 is 0 Å². The zero-order chi connectivity index (χ0) is 20.1. The molecule has 0 saturated heterocycles. The largest absolute Gasteiger partial charge is 0.493 e. The third kappa shape index (κ3) is 4.61. The van der Waals surface area contributed by atoms with Crippen LogP contribution in [0.4, 0.5) is 5.69 Å². The van der Waals surface area contributed by atoms with Crippen LogP contribution in [0, 0.1) is 6.92 Å². The first-order valence-corrected chi connectivity index (χ1v) is 9.31. The van der Waals surface area contributed by atoms with Gasteiger partial charge in [-0.1, -0.05) is 30.3 Å². The summed E-state index contributed by atoms with van der Waals surface area (Å²) in [4.78, 5) is 13.6. The van der Waals surface area contributed by atoms with Crippen LogP contribution in [0.2, 0.25) is 0 Å². The average Bonchev–Trinajstić information content (AvgIpc) is 2.68. The lowest BCUT2D eigenvalue weighted by Gasteiger charge is -2.17. The number of methoxy groups -OCH3 is 2. The molecule has 0 heterocycles. The molecule has 0 spiro atoms. The Morgan fingerprint density at radius 3 is 2.36 bits per heavy atom. The van der Waals surface area contributed by atoms with E-state index in [1.807, 2.05) is 62.5 Å². The summed E-state index contributed by atoms with van der Waals surface area (Å²) in [5, 5.41) is 5.27. The van der Waals surface area contributed by atoms with Gasteiger partial charge < -0.3 is 19.7 Å². The van der Waals surface area contributed by atoms with Gasteiger partial charge in [0.25, 0.3) is 5.91 Å². The van der Waals surface area contributed by atoms with Crippen molar-refractivity contribution in [1.82, 2.24) is 0 Å². The van der Waals surface area contributed by atoms with E-state index < -0.39 is 0 Å². The van der Waals surface area contributed by atoms with Crippen molar-refractivity contribution in [2.75, 3.05) is 33.1 Å². The second kappa shape index (κ2) is 8.76. The predicted molar refractivity (Wildman–Crippen MR) is 112 cm³/mol. The Labute approximate surface area is 165 Å². The van der Waals surface area contributed by atoms with Crippen molar-refractivity contribution < 1.29 is 19.2 Å². The summed E-state index contributed by atoms with van der Waals surface area (Å²) in [7, 11) is 5.27. The molecule has 1 unspecified atom stereocenters. The topological polar surface area (TPSA) is 52.0 Å². The van der Waals surface area contributed by atoms with Gasteiger partial charge >= 0.3 is 0 Å². The molecule has 0 aliphatic rings. The highest BCUT2D eigenvalue weighted by molar-refractivity contribution is 5.94. The Bertz CT molecular complexity index is 985. The first-order chi connectivity index (χ1) is 13.5. The highest BCUT2D eigenvalue weighted by Gasteiger charge is 2.15. The molecule has 1 atom stereocenters. The highest BCUT2D eigenvalue weighted by atomic mass is 16.5. The van der Waals surface area contributed by atoms with Crippen LogP contribution < -0.4 is 19.7 Å². The summed E-state index contributed by atoms with van der Waals surface area (Å²) in [6, 6.07) is 18.0. The molecule has 2 N–H and O–H groups in total. The molecule has 0 fully saturated rings. The Hall–Kier alpha value is -3.05. The van der Waals surface area contributed by atoms with Crippen LogP contribution in [-0.2, 0) is 11.3 Å². The number of hydrogen-bond donors (Lipinski definition) is 2. The molecular formula is C23H27N2O3+. The van der Waals surface area contributed by atoms with Crippen LogP contribution >= 0.6 is 0 Å². The molecule has 3 aromatic carbocycles. The summed E-state index contributed by atoms with van der Waals surface area (Å²) >= 11 is 0. The van der Waals surface area contributed by atoms with Gasteiger partial charge in [0.1, 0.15) is 6.54 Å². The molecule has 0 aliphatic heterocycles. The van der Waals surface area contributed by atoms with E-state index in [1.54, 1.807) is 14.2 Å². The van der Waals surface area contributed by atoms with Gasteiger partial charge in [-0.05, 0) is 47.5 Å². The number of benzene rings is 3. The predicted octanol–water partition coefficient (Wildman–Crippen LogP) is 2.82. The minimum absolute atomic E-state index is 0.00842. The van der Waals surface area contributed by atoms with Crippen molar-refractivity contribution in [3.63, 3.8) is 0 Å². The number of likely N-dealkylation sites (N-methyl/N-ethyl adjacent to an activating group) is 1. The number of anilines is 1. The van der Waals surface area contributed by atoms with E-state index in [2.05, 4.69) is 11.4 Å². The van der Waals surface area contributed by atoms with Crippen molar-refractivity contribution in [3.05, 3.63) is 65.7 Å². The maximum atomic E-state index is 12.5. The van der Waals surface area contributed by atoms with E-state index in [0.29, 0.717) is 12.3 Å². The number of fused-ring (bicyclic) bond motifs is 1. The number of carbonyl (C=O) groups excluding carboxylic acids is 1. The minimum atomic E-state index is -0.00842. The molecular weight excluding hydrogens is 352 g/mol. The van der Waals surface area contributed by atoms with Crippen LogP contribution in [-0.4, -0.2) is 33.7 Å². The van der Waals surface area contributed by atoms with E-state index in [0.717, 1.165) is 44.8 Å². The second-order valence-corrected chi connectivity index (χ2v) is 7.05. The highest BCUT2D eigenvalue weighted by Crippen LogP contribution is 2.29. The number of aryl methyl sites for hydroxylation is 1. The summed E-state index contributed by atoms with van der Waals surface area (Å²) in [5.41, 5.74) is 3.07. The van der Waals surface area contributed by atoms with Crippen LogP contribution in [0.25, 0.3) is 10.8 Å². The first-order valence-electron chi connectivity index (χ1n) is 9.31. The average molecular weight is 379 g/mol. The zero-order valence-corrected chi connectivity index (χ0v) is 16.8. The number of amides is 1. The quantitative estimate of drug-likeness (QED) is 0.664. The van der Waals surface area contributed by atoms with Gasteiger partial charge in [0, 0.05) is 11.3 Å². The van der Waals surface area contributed by atoms with E-state index in [-0.39, 0.29) is 5.91 Å². The van der Waals surface area contributed by atoms with Crippen LogP contribution in [0.5, 0.6) is 11.5 Å². The molecule has 28 heavy (non-hydrogen) atoms. The van der Waals surface area contributed by atoms with Crippen LogP contribution in [0.1, 0.15) is 11.1 Å². The van der Waals surface area contributed by atoms with E-state index in [9.17, 15) is 4.79 Å². The monoisotopic (exact) mass is 379 g/mol. The molecule has 0 bridgehead atoms. The molecule has 5 nitrogen and oxygen atoms in total. The smallest absolute Gasteiger partial charge is 0.279 e. The fraction of sp³-hybridized carbons (Fsp3) is 0.261. The van der Waals surface area contributed by atoms with Gasteiger partial charge in [-0.2, -0.15) is 0 Å². The number of quaternary nitrogens is 1. The molecule has 0 saturated carbocycles. The van der Waals surface area contributed by atoms with E-state index in [4.69, 9.17) is 9.47 Å². The van der Waals surface area contributed by atoms with Crippen molar-refractivity contribution in [2.45, 2.75) is 13.5 Å². The molecule has 3 rings (SSSR count). The summed E-state index contributed by atoms with van der Waals surface area (Å²) in [6.45, 7) is 3.14. The van der Waals surface area contributed by atoms with Crippen LogP contribution in [0.3, 0.4) is 0 Å². The Morgan fingerprint density at radius 1 is 0.964 bits per heavy atom. The lowest BCUT2D eigenvalue weighted by atomic mass is 10.1. The number of carbonyl (C=O) groups is 1. The number of rotatable bonds is 7. The maximum absolute atomic E-state index is 12.5. The summed E-state index contributed by atoms with van der Waals surface area (Å²) in [6.07, 6.45) is 0. The minimum Gasteiger partial charge on any atom is -0.493 e. The van der Waals surface area contributed by atoms with Crippen molar-refractivity contribution in [1.29, 1.82) is 0 Å². The fourth-order valence-corrected chi connectivity index (χ4v) is 3.35. The molecule has 1 amide bonds. The van der Waals surface area contributed by atoms with Crippen molar-refractivity contribution in [2.24, 2.45) is 0 Å². The van der Waals surface area contributed by atoms with Gasteiger partial charge in [0.2, 0.25) is 0 Å². The van der Waals surface area contributed by atoms with Gasteiger partial charge in [-0.25, -0.2) is 0 Å². The standard InChI is InChI=1S/C23H26N2O3/c1-16-11-21(27-3)22(28-4)13-19(16)14-25(2)15-23(26)24-20-10-9-17-7-5-6-8-18(17)12-20/h5-13H,14-15H2,1-4H3,(H,24,26)/p+1. The third-order valence-electron chi connectivity index (χ3n) is 4.83. The summed E-state index contributed by atoms with van der Waals surface area (Å²) in [5.74, 6) is 1.41. The maximum Gasteiger partial charge on any atom is 0.279 e. The van der Waals surface area contributed by atoms with Gasteiger partial charge in [-0.15, -0.1) is 0 Å². The number of nitrogens with one attached hydrogen (secondary N) is 2. The molecule has 0 aliphatic carbocycles. The molecule has 0 radical (unpaired) electrons. The van der Waals surface area contributed by atoms with Gasteiger partial charge in [-0.3, -0.25) is 4.79 Å². The number of ether oxygens (including phenoxy) is 2.